The third-order valence-corrected chi connectivity index (χ3v) is 16.8. The van der Waals surface area contributed by atoms with Gasteiger partial charge in [-0.05, 0) is 112 Å². The number of alkyl halides is 3. The monoisotopic (exact) mass is 1010 g/mol. The zero-order valence-electron chi connectivity index (χ0n) is 41.4. The summed E-state index contributed by atoms with van der Waals surface area (Å²) >= 11 is 0. The van der Waals surface area contributed by atoms with Crippen molar-refractivity contribution < 1.29 is 36.3 Å². The molecule has 2 saturated heterocycles. The topological polar surface area (TPSA) is 178 Å². The Morgan fingerprint density at radius 1 is 1.00 bits per heavy atom. The molecule has 20 heteroatoms. The van der Waals surface area contributed by atoms with Crippen LogP contribution in [0.5, 0.6) is 0 Å². The first-order chi connectivity index (χ1) is 34.1. The number of nitrogens with one attached hydrogen (secondary N) is 2. The van der Waals surface area contributed by atoms with Gasteiger partial charge in [0.05, 0.1) is 39.4 Å². The normalized spacial score (nSPS) is 18.6. The number of aromatic nitrogens is 4. The Labute approximate surface area is 417 Å². The van der Waals surface area contributed by atoms with E-state index in [4.69, 9.17) is 4.98 Å². The number of halogens is 3. The van der Waals surface area contributed by atoms with Gasteiger partial charge in [0, 0.05) is 106 Å². The van der Waals surface area contributed by atoms with Crippen molar-refractivity contribution in [2.24, 2.45) is 12.5 Å². The minimum absolute atomic E-state index is 0.0137. The largest absolute Gasteiger partial charge is 0.417 e. The Kier molecular flexibility index (Phi) is 13.4. The first-order valence-corrected chi connectivity index (χ1v) is 25.9. The van der Waals surface area contributed by atoms with Gasteiger partial charge in [0.25, 0.3) is 11.5 Å². The number of carbonyl (C=O) groups excluding carboxylic acids is 2. The van der Waals surface area contributed by atoms with Gasteiger partial charge in [-0.1, -0.05) is 20.4 Å². The average Bonchev–Trinajstić information content (AvgIpc) is 3.84. The van der Waals surface area contributed by atoms with Gasteiger partial charge in [-0.15, -0.1) is 0 Å². The number of pyridine rings is 1. The first-order valence-electron chi connectivity index (χ1n) is 24.3. The van der Waals surface area contributed by atoms with Crippen LogP contribution in [-0.4, -0.2) is 106 Å². The van der Waals surface area contributed by atoms with Crippen molar-refractivity contribution in [2.75, 3.05) is 64.6 Å². The zero-order chi connectivity index (χ0) is 51.6. The molecule has 0 saturated carbocycles. The van der Waals surface area contributed by atoms with E-state index in [0.29, 0.717) is 104 Å². The van der Waals surface area contributed by atoms with Crippen LogP contribution in [0, 0.1) is 5.41 Å². The van der Waals surface area contributed by atoms with Crippen molar-refractivity contribution in [3.63, 3.8) is 0 Å². The number of nitrogens with zero attached hydrogens (tertiary/aromatic N) is 8. The molecule has 5 aromatic rings. The van der Waals surface area contributed by atoms with E-state index >= 15 is 0 Å². The highest BCUT2D eigenvalue weighted by atomic mass is 32.2. The third-order valence-electron chi connectivity index (χ3n) is 14.6. The minimum atomic E-state index is -4.83. The predicted molar refractivity (Wildman–Crippen MR) is 272 cm³/mol. The maximum atomic E-state index is 14.2. The van der Waals surface area contributed by atoms with E-state index in [1.165, 1.54) is 41.8 Å². The molecule has 2 amide bonds. The summed E-state index contributed by atoms with van der Waals surface area (Å²) in [6.07, 6.45) is 2.68. The molecule has 1 aliphatic carbocycles. The lowest BCUT2D eigenvalue weighted by atomic mass is 9.90. The zero-order valence-corrected chi connectivity index (χ0v) is 42.2. The summed E-state index contributed by atoms with van der Waals surface area (Å²) in [4.78, 5) is 57.3. The molecule has 4 aliphatic rings. The Bertz CT molecular complexity index is 3140. The molecule has 0 bridgehead atoms. The molecule has 16 nitrogen and oxygen atoms in total. The van der Waals surface area contributed by atoms with Crippen LogP contribution in [0.25, 0.3) is 11.3 Å². The van der Waals surface area contributed by atoms with Gasteiger partial charge < -0.3 is 34.7 Å². The number of anilines is 6. The molecule has 2 fully saturated rings. The van der Waals surface area contributed by atoms with Gasteiger partial charge in [-0.3, -0.25) is 24.2 Å². The van der Waals surface area contributed by atoms with Gasteiger partial charge in [-0.2, -0.15) is 13.2 Å². The van der Waals surface area contributed by atoms with E-state index in [-0.39, 0.29) is 29.2 Å². The molecule has 3 aromatic heterocycles. The summed E-state index contributed by atoms with van der Waals surface area (Å²) in [7, 11) is -2.56. The van der Waals surface area contributed by atoms with Crippen molar-refractivity contribution in [3.8, 4) is 11.3 Å². The molecule has 9 rings (SSSR count). The van der Waals surface area contributed by atoms with E-state index in [1.807, 2.05) is 17.0 Å². The molecule has 3 N–H and O–H groups in total. The molecule has 0 unspecified atom stereocenters. The summed E-state index contributed by atoms with van der Waals surface area (Å²) < 4.78 is 71.7. The number of aliphatic hydroxyl groups is 1. The van der Waals surface area contributed by atoms with Crippen molar-refractivity contribution in [3.05, 3.63) is 112 Å². The van der Waals surface area contributed by atoms with E-state index < -0.39 is 49.8 Å². The molecule has 382 valence electrons. The molecule has 1 atom stereocenters. The molecule has 3 aliphatic heterocycles. The van der Waals surface area contributed by atoms with Crippen LogP contribution in [0.3, 0.4) is 0 Å². The second-order valence-corrected chi connectivity index (χ2v) is 22.9. The smallest absolute Gasteiger partial charge is 0.392 e. The summed E-state index contributed by atoms with van der Waals surface area (Å²) in [6, 6.07) is 12.8. The Balaban J connectivity index is 0.904. The number of aryl methyl sites for hydroxylation is 1. The molecule has 6 heterocycles. The van der Waals surface area contributed by atoms with Gasteiger partial charge >= 0.3 is 6.18 Å². The van der Waals surface area contributed by atoms with E-state index in [0.717, 1.165) is 30.7 Å². The number of hydrogen-bond acceptors (Lipinski definition) is 12. The standard InChI is InChI=1S/C52H61F3N10O6S/c1-8-46(67)58-40-24-34(9-11-42(40)63-20-19-62(28-32(63)4)35-14-17-61(18-15-35)36-10-12-45(72(70,71)31(2)3)39(25-36)52(53,54)55)57-47-50(69)60(7)29-41(59-47)37-13-16-56-48(38(37)30-66)65-22-21-64-43(49(65)68)23-33-26-51(5,6)27-44(33)64/h8-13,16,23-25,29,31-32,35,66H,1,14-15,17-22,26-28,30H2,2-7H3,(H,57,59)(H,58,67)/t32-/m0/s1. The highest BCUT2D eigenvalue weighted by Crippen LogP contribution is 2.42. The van der Waals surface area contributed by atoms with Gasteiger partial charge in [0.2, 0.25) is 5.91 Å². The summed E-state index contributed by atoms with van der Waals surface area (Å²) in [5.74, 6) is -0.317. The lowest BCUT2D eigenvalue weighted by Gasteiger charge is -2.47. The van der Waals surface area contributed by atoms with Crippen LogP contribution in [-0.2, 0) is 53.8 Å². The second kappa shape index (κ2) is 19.2. The molecular formula is C52H61F3N10O6S. The molecule has 0 radical (unpaired) electrons. The fourth-order valence-corrected chi connectivity index (χ4v) is 12.2. The predicted octanol–water partition coefficient (Wildman–Crippen LogP) is 7.17. The lowest BCUT2D eigenvalue weighted by molar-refractivity contribution is -0.139. The number of aliphatic hydroxyl groups excluding tert-OH is 1. The number of carbonyl (C=O) groups is 2. The van der Waals surface area contributed by atoms with Crippen molar-refractivity contribution >= 4 is 56.0 Å². The summed E-state index contributed by atoms with van der Waals surface area (Å²) in [5, 5.41) is 15.9. The quantitative estimate of drug-likeness (QED) is 0.108. The number of benzene rings is 2. The van der Waals surface area contributed by atoms with Crippen LogP contribution in [0.4, 0.5) is 47.6 Å². The number of rotatable bonds is 12. The fourth-order valence-electron chi connectivity index (χ4n) is 10.9. The second-order valence-electron chi connectivity index (χ2n) is 20.4. The SMILES string of the molecule is C=CC(=O)Nc1cc(Nc2nc(-c3ccnc(N4CCn5c(cc6c5CC(C)(C)C6)C4=O)c3CO)cn(C)c2=O)ccc1N1CCN(C2CCN(c3ccc(S(=O)(=O)C(C)C)c(C(F)(F)F)c3)CC2)C[C@@H]1C. The third kappa shape index (κ3) is 9.51. The van der Waals surface area contributed by atoms with Crippen LogP contribution in [0.15, 0.2) is 83.3 Å². The molecule has 2 aromatic carbocycles. The van der Waals surface area contributed by atoms with E-state index in [1.54, 1.807) is 42.5 Å². The first kappa shape index (κ1) is 50.4. The average molecular weight is 1010 g/mol. The van der Waals surface area contributed by atoms with Crippen molar-refractivity contribution in [1.82, 2.24) is 24.0 Å². The summed E-state index contributed by atoms with van der Waals surface area (Å²) in [6.45, 7) is 16.4. The molecule has 72 heavy (non-hydrogen) atoms. The van der Waals surface area contributed by atoms with Crippen LogP contribution in [0.1, 0.15) is 80.3 Å². The lowest BCUT2D eigenvalue weighted by Crippen LogP contribution is -2.57. The van der Waals surface area contributed by atoms with Crippen LogP contribution < -0.4 is 30.9 Å². The van der Waals surface area contributed by atoms with Crippen molar-refractivity contribution in [2.45, 2.75) is 102 Å². The Morgan fingerprint density at radius 2 is 1.75 bits per heavy atom. The highest BCUT2D eigenvalue weighted by molar-refractivity contribution is 7.92. The van der Waals surface area contributed by atoms with Crippen molar-refractivity contribution in [1.29, 1.82) is 0 Å². The van der Waals surface area contributed by atoms with E-state index in [9.17, 15) is 41.1 Å². The maximum absolute atomic E-state index is 14.2. The Morgan fingerprint density at radius 3 is 2.43 bits per heavy atom. The minimum Gasteiger partial charge on any atom is -0.392 e. The number of fused-ring (bicyclic) bond motifs is 3. The number of piperidine rings is 1. The number of piperazine rings is 1. The number of sulfone groups is 1. The number of hydrogen-bond donors (Lipinski definition) is 3. The number of amides is 2. The molecular weight excluding hydrogens is 950 g/mol. The summed E-state index contributed by atoms with van der Waals surface area (Å²) in [5.41, 5.74) is 4.84. The molecule has 0 spiro atoms. The van der Waals surface area contributed by atoms with Gasteiger partial charge in [0.1, 0.15) is 11.5 Å². The van der Waals surface area contributed by atoms with E-state index in [2.05, 4.69) is 57.3 Å². The van der Waals surface area contributed by atoms with Crippen LogP contribution >= 0.6 is 0 Å². The fraction of sp³-hybridized carbons (Fsp3) is 0.442. The van der Waals surface area contributed by atoms with Gasteiger partial charge in [-0.25, -0.2) is 18.4 Å². The van der Waals surface area contributed by atoms with Crippen LogP contribution in [0.2, 0.25) is 0 Å². The highest BCUT2D eigenvalue weighted by Gasteiger charge is 2.41. The maximum Gasteiger partial charge on any atom is 0.417 e. The Hall–Kier alpha value is -6.51. The van der Waals surface area contributed by atoms with Gasteiger partial charge in [0.15, 0.2) is 15.7 Å².